The van der Waals surface area contributed by atoms with Crippen molar-refractivity contribution in [1.82, 2.24) is 0 Å². The Hall–Kier alpha value is -1.69. The zero-order chi connectivity index (χ0) is 8.97. The molecule has 0 aliphatic carbocycles. The Balaban J connectivity index is 3.01. The summed E-state index contributed by atoms with van der Waals surface area (Å²) in [5, 5.41) is 11.5. The molecular formula is C9H11N3. The van der Waals surface area contributed by atoms with E-state index in [1.54, 1.807) is 6.07 Å². The van der Waals surface area contributed by atoms with Crippen molar-refractivity contribution in [3.8, 4) is 6.07 Å². The van der Waals surface area contributed by atoms with Gasteiger partial charge in [-0.2, -0.15) is 5.26 Å². The molecular weight excluding hydrogens is 150 g/mol. The van der Waals surface area contributed by atoms with Crippen LogP contribution in [0.25, 0.3) is 0 Å². The molecule has 0 aliphatic rings. The number of anilines is 2. The van der Waals surface area contributed by atoms with E-state index in [-0.39, 0.29) is 0 Å². The number of nitrogens with two attached hydrogens (primary N) is 1. The molecule has 0 unspecified atom stereocenters. The summed E-state index contributed by atoms with van der Waals surface area (Å²) in [6.45, 7) is 0. The second-order valence-electron chi connectivity index (χ2n) is 2.50. The van der Waals surface area contributed by atoms with Gasteiger partial charge in [0.1, 0.15) is 0 Å². The molecule has 0 radical (unpaired) electrons. The highest BCUT2D eigenvalue weighted by Gasteiger charge is 1.98. The highest BCUT2D eigenvalue weighted by atomic mass is 14.8. The van der Waals surface area contributed by atoms with E-state index in [0.717, 1.165) is 11.3 Å². The lowest BCUT2D eigenvalue weighted by Gasteiger charge is -2.04. The van der Waals surface area contributed by atoms with Gasteiger partial charge in [0.25, 0.3) is 0 Å². The molecule has 3 heteroatoms. The first-order valence-electron chi connectivity index (χ1n) is 3.71. The summed E-state index contributed by atoms with van der Waals surface area (Å²) in [4.78, 5) is 0. The van der Waals surface area contributed by atoms with E-state index in [4.69, 9.17) is 11.0 Å². The first-order valence-corrected chi connectivity index (χ1v) is 3.71. The first-order chi connectivity index (χ1) is 5.77. The molecule has 0 aliphatic heterocycles. The molecule has 0 amide bonds. The monoisotopic (exact) mass is 161 g/mol. The van der Waals surface area contributed by atoms with Crippen LogP contribution in [0.2, 0.25) is 0 Å². The number of rotatable bonds is 2. The molecule has 12 heavy (non-hydrogen) atoms. The molecule has 0 saturated heterocycles. The van der Waals surface area contributed by atoms with Gasteiger partial charge < -0.3 is 11.1 Å². The lowest BCUT2D eigenvalue weighted by molar-refractivity contribution is 1.26. The Morgan fingerprint density at radius 3 is 2.92 bits per heavy atom. The number of nitrogen functional groups attached to an aromatic ring is 1. The van der Waals surface area contributed by atoms with Gasteiger partial charge >= 0.3 is 0 Å². The molecule has 0 bridgehead atoms. The summed E-state index contributed by atoms with van der Waals surface area (Å²) in [5.41, 5.74) is 8.19. The third-order valence-corrected chi connectivity index (χ3v) is 1.70. The molecule has 0 spiro atoms. The summed E-state index contributed by atoms with van der Waals surface area (Å²) in [7, 11) is 1.83. The van der Waals surface area contributed by atoms with Gasteiger partial charge in [0.05, 0.1) is 12.5 Å². The van der Waals surface area contributed by atoms with Gasteiger partial charge in [-0.15, -0.1) is 0 Å². The molecule has 3 N–H and O–H groups in total. The van der Waals surface area contributed by atoms with Crippen LogP contribution in [0.15, 0.2) is 18.2 Å². The second-order valence-corrected chi connectivity index (χ2v) is 2.50. The quantitative estimate of drug-likeness (QED) is 0.644. The number of benzene rings is 1. The summed E-state index contributed by atoms with van der Waals surface area (Å²) in [5.74, 6) is 0. The minimum atomic E-state index is 0.362. The van der Waals surface area contributed by atoms with Crippen LogP contribution >= 0.6 is 0 Å². The summed E-state index contributed by atoms with van der Waals surface area (Å²) in [6, 6.07) is 7.65. The van der Waals surface area contributed by atoms with Crippen molar-refractivity contribution in [3.63, 3.8) is 0 Å². The number of hydrogen-bond acceptors (Lipinski definition) is 3. The zero-order valence-electron chi connectivity index (χ0n) is 6.96. The maximum absolute atomic E-state index is 8.48. The number of nitrogens with zero attached hydrogens (tertiary/aromatic N) is 1. The van der Waals surface area contributed by atoms with Gasteiger partial charge in [0.15, 0.2) is 0 Å². The molecule has 62 valence electrons. The lowest BCUT2D eigenvalue weighted by Crippen LogP contribution is -1.95. The van der Waals surface area contributed by atoms with Crippen LogP contribution in [0, 0.1) is 11.3 Å². The van der Waals surface area contributed by atoms with Crippen molar-refractivity contribution in [2.45, 2.75) is 6.42 Å². The fraction of sp³-hybridized carbons (Fsp3) is 0.222. The van der Waals surface area contributed by atoms with Crippen LogP contribution in [0.4, 0.5) is 11.4 Å². The van der Waals surface area contributed by atoms with E-state index in [1.807, 2.05) is 19.2 Å². The fourth-order valence-electron chi connectivity index (χ4n) is 1.000. The van der Waals surface area contributed by atoms with Crippen molar-refractivity contribution in [2.75, 3.05) is 18.1 Å². The first kappa shape index (κ1) is 8.41. The predicted octanol–water partition coefficient (Wildman–Crippen LogP) is 1.38. The Bertz CT molecular complexity index is 312. The van der Waals surface area contributed by atoms with E-state index in [1.165, 1.54) is 0 Å². The van der Waals surface area contributed by atoms with Crippen molar-refractivity contribution in [1.29, 1.82) is 5.26 Å². The molecule has 0 saturated carbocycles. The Morgan fingerprint density at radius 2 is 2.33 bits per heavy atom. The van der Waals surface area contributed by atoms with Gasteiger partial charge in [0, 0.05) is 18.4 Å². The van der Waals surface area contributed by atoms with E-state index < -0.39 is 0 Å². The van der Waals surface area contributed by atoms with E-state index >= 15 is 0 Å². The molecule has 1 aromatic carbocycles. The molecule has 0 aromatic heterocycles. The number of nitrogens with one attached hydrogen (secondary N) is 1. The maximum Gasteiger partial charge on any atom is 0.0670 e. The van der Waals surface area contributed by atoms with Crippen molar-refractivity contribution < 1.29 is 0 Å². The zero-order valence-corrected chi connectivity index (χ0v) is 6.96. The predicted molar refractivity (Wildman–Crippen MR) is 49.7 cm³/mol. The topological polar surface area (TPSA) is 61.8 Å². The van der Waals surface area contributed by atoms with Gasteiger partial charge in [-0.05, 0) is 23.8 Å². The molecule has 1 rings (SSSR count). The molecule has 3 nitrogen and oxygen atoms in total. The Labute approximate surface area is 71.8 Å². The van der Waals surface area contributed by atoms with E-state index in [0.29, 0.717) is 12.1 Å². The van der Waals surface area contributed by atoms with Gasteiger partial charge in [-0.3, -0.25) is 0 Å². The highest BCUT2D eigenvalue weighted by molar-refractivity contribution is 5.57. The molecule has 1 aromatic rings. The lowest BCUT2D eigenvalue weighted by atomic mass is 10.1. The average molecular weight is 161 g/mol. The Kier molecular flexibility index (Phi) is 2.54. The van der Waals surface area contributed by atoms with E-state index in [2.05, 4.69) is 11.4 Å². The van der Waals surface area contributed by atoms with Crippen LogP contribution in [0.5, 0.6) is 0 Å². The van der Waals surface area contributed by atoms with Gasteiger partial charge in [-0.25, -0.2) is 0 Å². The molecule has 0 fully saturated rings. The SMILES string of the molecule is CNc1ccc(N)c(CC#N)c1. The van der Waals surface area contributed by atoms with Crippen LogP contribution in [0.1, 0.15) is 5.56 Å². The minimum absolute atomic E-state index is 0.362. The third kappa shape index (κ3) is 1.67. The second kappa shape index (κ2) is 3.63. The van der Waals surface area contributed by atoms with Crippen LogP contribution in [0.3, 0.4) is 0 Å². The minimum Gasteiger partial charge on any atom is -0.398 e. The van der Waals surface area contributed by atoms with Crippen LogP contribution in [-0.4, -0.2) is 7.05 Å². The van der Waals surface area contributed by atoms with Crippen molar-refractivity contribution in [2.24, 2.45) is 0 Å². The largest absolute Gasteiger partial charge is 0.398 e. The van der Waals surface area contributed by atoms with Crippen molar-refractivity contribution in [3.05, 3.63) is 23.8 Å². The number of hydrogen-bond donors (Lipinski definition) is 2. The highest BCUT2D eigenvalue weighted by Crippen LogP contribution is 2.17. The average Bonchev–Trinajstić information content (AvgIpc) is 2.09. The van der Waals surface area contributed by atoms with Gasteiger partial charge in [0.2, 0.25) is 0 Å². The standard InChI is InChI=1S/C9H11N3/c1-12-8-2-3-9(11)7(6-8)4-5-10/h2-3,6,12H,4,11H2,1H3. The Morgan fingerprint density at radius 1 is 1.58 bits per heavy atom. The number of nitriles is 1. The molecule has 0 atom stereocenters. The normalized spacial score (nSPS) is 9.00. The third-order valence-electron chi connectivity index (χ3n) is 1.70. The summed E-state index contributed by atoms with van der Waals surface area (Å²) in [6.07, 6.45) is 0.362. The molecule has 0 heterocycles. The summed E-state index contributed by atoms with van der Waals surface area (Å²) < 4.78 is 0. The maximum atomic E-state index is 8.48. The van der Waals surface area contributed by atoms with E-state index in [9.17, 15) is 0 Å². The van der Waals surface area contributed by atoms with Gasteiger partial charge in [-0.1, -0.05) is 0 Å². The summed E-state index contributed by atoms with van der Waals surface area (Å²) >= 11 is 0. The smallest absolute Gasteiger partial charge is 0.0670 e. The fourth-order valence-corrected chi connectivity index (χ4v) is 1.000. The van der Waals surface area contributed by atoms with Crippen LogP contribution < -0.4 is 11.1 Å². The van der Waals surface area contributed by atoms with Crippen LogP contribution in [-0.2, 0) is 6.42 Å². The van der Waals surface area contributed by atoms with Crippen molar-refractivity contribution >= 4 is 11.4 Å².